The van der Waals surface area contributed by atoms with Crippen molar-refractivity contribution in [3.63, 3.8) is 0 Å². The van der Waals surface area contributed by atoms with Crippen LogP contribution in [0.15, 0.2) is 35.0 Å². The summed E-state index contributed by atoms with van der Waals surface area (Å²) in [6.45, 7) is 1.99. The third-order valence-electron chi connectivity index (χ3n) is 2.50. The van der Waals surface area contributed by atoms with Gasteiger partial charge in [-0.05, 0) is 18.6 Å². The monoisotopic (exact) mass is 259 g/mol. The number of amides is 1. The van der Waals surface area contributed by atoms with E-state index in [1.807, 2.05) is 25.1 Å². The summed E-state index contributed by atoms with van der Waals surface area (Å²) < 4.78 is 5.82. The number of anilines is 1. The molecule has 2 heterocycles. The first-order chi connectivity index (χ1) is 8.74. The maximum atomic E-state index is 11.8. The highest BCUT2D eigenvalue weighted by Gasteiger charge is 2.13. The summed E-state index contributed by atoms with van der Waals surface area (Å²) in [6, 6.07) is 7.44. The molecule has 5 nitrogen and oxygen atoms in total. The Bertz CT molecular complexity index is 703. The second-order valence-electron chi connectivity index (χ2n) is 3.77. The van der Waals surface area contributed by atoms with Gasteiger partial charge in [0.2, 0.25) is 5.76 Å². The van der Waals surface area contributed by atoms with E-state index >= 15 is 0 Å². The molecule has 3 rings (SSSR count). The van der Waals surface area contributed by atoms with E-state index in [1.54, 1.807) is 0 Å². The lowest BCUT2D eigenvalue weighted by molar-refractivity contribution is 0.0988. The number of aryl methyl sites for hydroxylation is 1. The first-order valence-corrected chi connectivity index (χ1v) is 6.14. The number of fused-ring (bicyclic) bond motifs is 1. The zero-order valence-corrected chi connectivity index (χ0v) is 10.3. The van der Waals surface area contributed by atoms with E-state index in [0.29, 0.717) is 5.13 Å². The van der Waals surface area contributed by atoms with Crippen LogP contribution in [0.3, 0.4) is 0 Å². The number of hydrogen-bond donors (Lipinski definition) is 1. The number of rotatable bonds is 2. The van der Waals surface area contributed by atoms with Gasteiger partial charge in [0.25, 0.3) is 5.91 Å². The molecule has 2 aromatic heterocycles. The Hall–Kier alpha value is -2.21. The molecule has 0 aliphatic rings. The van der Waals surface area contributed by atoms with Crippen molar-refractivity contribution in [2.75, 3.05) is 5.32 Å². The summed E-state index contributed by atoms with van der Waals surface area (Å²) in [5.41, 5.74) is 2.00. The summed E-state index contributed by atoms with van der Waals surface area (Å²) in [4.78, 5) is 16.1. The van der Waals surface area contributed by atoms with Gasteiger partial charge in [0.1, 0.15) is 0 Å². The van der Waals surface area contributed by atoms with E-state index in [1.165, 1.54) is 23.6 Å². The fraction of sp³-hybridized carbons (Fsp3) is 0.0833. The molecule has 6 heteroatoms. The van der Waals surface area contributed by atoms with Gasteiger partial charge in [0.05, 0.1) is 16.4 Å². The lowest BCUT2D eigenvalue weighted by Crippen LogP contribution is -2.10. The van der Waals surface area contributed by atoms with E-state index in [0.717, 1.165) is 15.8 Å². The van der Waals surface area contributed by atoms with Crippen LogP contribution in [0.4, 0.5) is 5.13 Å². The van der Waals surface area contributed by atoms with Crippen molar-refractivity contribution in [1.29, 1.82) is 0 Å². The molecule has 0 radical (unpaired) electrons. The number of nitrogens with zero attached hydrogens (tertiary/aromatic N) is 2. The number of carbonyl (C=O) groups excluding carboxylic acids is 1. The van der Waals surface area contributed by atoms with Crippen LogP contribution in [-0.2, 0) is 0 Å². The van der Waals surface area contributed by atoms with Gasteiger partial charge in [-0.3, -0.25) is 10.1 Å². The van der Waals surface area contributed by atoms with E-state index in [9.17, 15) is 4.79 Å². The number of thiazole rings is 1. The maximum absolute atomic E-state index is 11.8. The average Bonchev–Trinajstić information content (AvgIpc) is 2.97. The maximum Gasteiger partial charge on any atom is 0.296 e. The third kappa shape index (κ3) is 1.86. The molecule has 1 amide bonds. The molecule has 18 heavy (non-hydrogen) atoms. The van der Waals surface area contributed by atoms with Gasteiger partial charge in [0.15, 0.2) is 5.13 Å². The van der Waals surface area contributed by atoms with Gasteiger partial charge in [-0.15, -0.1) is 0 Å². The summed E-state index contributed by atoms with van der Waals surface area (Å²) >= 11 is 1.43. The summed E-state index contributed by atoms with van der Waals surface area (Å²) in [7, 11) is 0. The van der Waals surface area contributed by atoms with Gasteiger partial charge in [-0.1, -0.05) is 28.6 Å². The Balaban J connectivity index is 1.92. The number of nitrogens with one attached hydrogen (secondary N) is 1. The van der Waals surface area contributed by atoms with Crippen LogP contribution in [0.1, 0.15) is 16.1 Å². The third-order valence-corrected chi connectivity index (χ3v) is 3.44. The number of carbonyl (C=O) groups is 1. The molecule has 0 spiro atoms. The number of aromatic nitrogens is 2. The lowest BCUT2D eigenvalue weighted by atomic mass is 10.2. The van der Waals surface area contributed by atoms with Crippen LogP contribution in [0.5, 0.6) is 0 Å². The first kappa shape index (κ1) is 10.9. The van der Waals surface area contributed by atoms with Crippen LogP contribution < -0.4 is 5.32 Å². The normalized spacial score (nSPS) is 10.7. The highest BCUT2D eigenvalue weighted by molar-refractivity contribution is 7.22. The number of hydrogen-bond acceptors (Lipinski definition) is 5. The van der Waals surface area contributed by atoms with Crippen molar-refractivity contribution in [2.24, 2.45) is 0 Å². The Labute approximate surface area is 106 Å². The zero-order chi connectivity index (χ0) is 12.5. The molecule has 3 aromatic rings. The molecular formula is C12H9N3O2S. The Kier molecular flexibility index (Phi) is 2.56. The highest BCUT2D eigenvalue weighted by Crippen LogP contribution is 2.28. The van der Waals surface area contributed by atoms with Crippen molar-refractivity contribution in [2.45, 2.75) is 6.92 Å². The smallest absolute Gasteiger partial charge is 0.296 e. The van der Waals surface area contributed by atoms with E-state index < -0.39 is 0 Å². The van der Waals surface area contributed by atoms with Crippen molar-refractivity contribution in [1.82, 2.24) is 10.1 Å². The van der Waals surface area contributed by atoms with Gasteiger partial charge in [-0.2, -0.15) is 0 Å². The molecule has 0 bridgehead atoms. The number of benzene rings is 1. The minimum absolute atomic E-state index is 0.172. The molecule has 0 saturated carbocycles. The van der Waals surface area contributed by atoms with Crippen LogP contribution in [0, 0.1) is 6.92 Å². The van der Waals surface area contributed by atoms with E-state index in [2.05, 4.69) is 15.5 Å². The minimum atomic E-state index is -0.343. The molecule has 0 aliphatic heterocycles. The summed E-state index contributed by atoms with van der Waals surface area (Å²) in [5, 5.41) is 6.74. The molecular weight excluding hydrogens is 250 g/mol. The van der Waals surface area contributed by atoms with Crippen LogP contribution in [-0.4, -0.2) is 16.0 Å². The van der Waals surface area contributed by atoms with Crippen LogP contribution in [0.25, 0.3) is 10.2 Å². The predicted octanol–water partition coefficient (Wildman–Crippen LogP) is 2.85. The highest BCUT2D eigenvalue weighted by atomic mass is 32.1. The van der Waals surface area contributed by atoms with Crippen molar-refractivity contribution >= 4 is 32.6 Å². The fourth-order valence-electron chi connectivity index (χ4n) is 1.63. The molecule has 0 aliphatic carbocycles. The summed E-state index contributed by atoms with van der Waals surface area (Å²) in [6.07, 6.45) is 1.43. The Morgan fingerprint density at radius 1 is 1.39 bits per heavy atom. The Morgan fingerprint density at radius 3 is 3.00 bits per heavy atom. The second-order valence-corrected chi connectivity index (χ2v) is 4.80. The lowest BCUT2D eigenvalue weighted by Gasteiger charge is -1.95. The first-order valence-electron chi connectivity index (χ1n) is 5.32. The largest absolute Gasteiger partial charge is 0.351 e. The molecule has 1 aromatic carbocycles. The average molecular weight is 259 g/mol. The second kappa shape index (κ2) is 4.23. The molecule has 1 N–H and O–H groups in total. The Morgan fingerprint density at radius 2 is 2.28 bits per heavy atom. The van der Waals surface area contributed by atoms with Crippen LogP contribution >= 0.6 is 11.3 Å². The van der Waals surface area contributed by atoms with Gasteiger partial charge in [0, 0.05) is 6.07 Å². The quantitative estimate of drug-likeness (QED) is 0.768. The number of para-hydroxylation sites is 1. The zero-order valence-electron chi connectivity index (χ0n) is 9.51. The minimum Gasteiger partial charge on any atom is -0.351 e. The standard InChI is InChI=1S/C12H9N3O2S/c1-7-3-2-4-9-10(7)14-12(18-9)15-11(16)8-5-6-13-17-8/h2-6H,1H3,(H,14,15,16). The van der Waals surface area contributed by atoms with E-state index in [-0.39, 0.29) is 11.7 Å². The SMILES string of the molecule is Cc1cccc2sc(NC(=O)c3ccno3)nc12. The fourth-order valence-corrected chi connectivity index (χ4v) is 2.57. The molecule has 90 valence electrons. The van der Waals surface area contributed by atoms with Crippen molar-refractivity contribution < 1.29 is 9.32 Å². The van der Waals surface area contributed by atoms with Crippen molar-refractivity contribution in [3.05, 3.63) is 41.8 Å². The summed E-state index contributed by atoms with van der Waals surface area (Å²) in [5.74, 6) is -0.171. The molecule has 0 fully saturated rings. The predicted molar refractivity (Wildman–Crippen MR) is 68.8 cm³/mol. The van der Waals surface area contributed by atoms with Gasteiger partial charge >= 0.3 is 0 Å². The van der Waals surface area contributed by atoms with Crippen molar-refractivity contribution in [3.8, 4) is 0 Å². The molecule has 0 unspecified atom stereocenters. The van der Waals surface area contributed by atoms with Gasteiger partial charge < -0.3 is 4.52 Å². The molecule has 0 saturated heterocycles. The van der Waals surface area contributed by atoms with E-state index in [4.69, 9.17) is 4.52 Å². The van der Waals surface area contributed by atoms with Crippen LogP contribution in [0.2, 0.25) is 0 Å². The van der Waals surface area contributed by atoms with Gasteiger partial charge in [-0.25, -0.2) is 4.98 Å². The topological polar surface area (TPSA) is 68.0 Å². The molecule has 0 atom stereocenters.